The third-order valence-corrected chi connectivity index (χ3v) is 4.06. The summed E-state index contributed by atoms with van der Waals surface area (Å²) >= 11 is 0. The normalized spacial score (nSPS) is 17.7. The van der Waals surface area contributed by atoms with Crippen molar-refractivity contribution >= 4 is 11.8 Å². The monoisotopic (exact) mass is 328 g/mol. The number of carbonyl (C=O) groups excluding carboxylic acids is 2. The van der Waals surface area contributed by atoms with Crippen LogP contribution >= 0.6 is 0 Å². The number of primary amides is 1. The maximum Gasteiger partial charge on any atom is 0.274 e. The van der Waals surface area contributed by atoms with Crippen molar-refractivity contribution in [1.82, 2.24) is 14.9 Å². The van der Waals surface area contributed by atoms with Crippen molar-refractivity contribution < 1.29 is 14.3 Å². The minimum atomic E-state index is -0.452. The van der Waals surface area contributed by atoms with Gasteiger partial charge in [0.2, 0.25) is 5.91 Å². The zero-order chi connectivity index (χ0) is 17.1. The first kappa shape index (κ1) is 16.2. The molecule has 24 heavy (non-hydrogen) atoms. The first-order chi connectivity index (χ1) is 11.6. The zero-order valence-electron chi connectivity index (χ0n) is 13.5. The van der Waals surface area contributed by atoms with Gasteiger partial charge in [-0.05, 0) is 6.92 Å². The van der Waals surface area contributed by atoms with E-state index in [2.05, 4.69) is 9.97 Å². The minimum absolute atomic E-state index is 0.0841. The molecule has 2 amide bonds. The van der Waals surface area contributed by atoms with E-state index >= 15 is 0 Å². The van der Waals surface area contributed by atoms with Crippen LogP contribution in [-0.2, 0) is 9.53 Å². The lowest BCUT2D eigenvalue weighted by molar-refractivity contribution is -0.120. The quantitative estimate of drug-likeness (QED) is 0.877. The number of nitrogens with zero attached hydrogens (tertiary/aromatic N) is 2. The SMILES string of the molecule is Cc1[nH]c(-c2ccccc2)nc1C(=O)N1CCOC[C@@H]1CC(N)=O. The highest BCUT2D eigenvalue weighted by atomic mass is 16.5. The average Bonchev–Trinajstić information content (AvgIpc) is 2.97. The molecule has 1 aromatic heterocycles. The van der Waals surface area contributed by atoms with Gasteiger partial charge in [0.1, 0.15) is 11.5 Å². The lowest BCUT2D eigenvalue weighted by Gasteiger charge is -2.34. The summed E-state index contributed by atoms with van der Waals surface area (Å²) in [5.41, 5.74) is 7.26. The summed E-state index contributed by atoms with van der Waals surface area (Å²) in [5.74, 6) is -0.0105. The van der Waals surface area contributed by atoms with Crippen LogP contribution in [0.5, 0.6) is 0 Å². The summed E-state index contributed by atoms with van der Waals surface area (Å²) < 4.78 is 5.37. The number of carbonyl (C=O) groups is 2. The topological polar surface area (TPSA) is 101 Å². The summed E-state index contributed by atoms with van der Waals surface area (Å²) in [7, 11) is 0. The molecule has 0 saturated carbocycles. The van der Waals surface area contributed by atoms with E-state index in [0.29, 0.717) is 37.0 Å². The second kappa shape index (κ2) is 6.84. The third kappa shape index (κ3) is 3.30. The minimum Gasteiger partial charge on any atom is -0.377 e. The lowest BCUT2D eigenvalue weighted by Crippen LogP contribution is -2.50. The number of nitrogens with one attached hydrogen (secondary N) is 1. The number of rotatable bonds is 4. The molecule has 1 fully saturated rings. The summed E-state index contributed by atoms with van der Waals surface area (Å²) in [6.45, 7) is 2.99. The number of hydrogen-bond donors (Lipinski definition) is 2. The highest BCUT2D eigenvalue weighted by Gasteiger charge is 2.31. The van der Waals surface area contributed by atoms with E-state index in [-0.39, 0.29) is 18.4 Å². The van der Waals surface area contributed by atoms with Gasteiger partial charge < -0.3 is 20.4 Å². The maximum absolute atomic E-state index is 12.9. The largest absolute Gasteiger partial charge is 0.377 e. The van der Waals surface area contributed by atoms with Crippen molar-refractivity contribution in [2.24, 2.45) is 5.73 Å². The number of imidazole rings is 1. The van der Waals surface area contributed by atoms with Gasteiger partial charge >= 0.3 is 0 Å². The Morgan fingerprint density at radius 1 is 1.38 bits per heavy atom. The molecule has 1 aliphatic heterocycles. The number of H-pyrrole nitrogens is 1. The molecule has 1 aromatic carbocycles. The Bertz CT molecular complexity index is 742. The van der Waals surface area contributed by atoms with Gasteiger partial charge in [-0.1, -0.05) is 30.3 Å². The molecule has 1 saturated heterocycles. The molecule has 126 valence electrons. The van der Waals surface area contributed by atoms with E-state index in [1.165, 1.54) is 0 Å². The number of aryl methyl sites for hydroxylation is 1. The Labute approximate surface area is 139 Å². The van der Waals surface area contributed by atoms with Crippen molar-refractivity contribution in [3.8, 4) is 11.4 Å². The molecular weight excluding hydrogens is 308 g/mol. The molecule has 2 aromatic rings. The van der Waals surface area contributed by atoms with Gasteiger partial charge in [0, 0.05) is 24.2 Å². The fourth-order valence-corrected chi connectivity index (χ4v) is 2.86. The first-order valence-corrected chi connectivity index (χ1v) is 7.85. The molecule has 7 heteroatoms. The van der Waals surface area contributed by atoms with Crippen molar-refractivity contribution in [1.29, 1.82) is 0 Å². The molecule has 0 radical (unpaired) electrons. The van der Waals surface area contributed by atoms with Crippen LogP contribution < -0.4 is 5.73 Å². The predicted octanol–water partition coefficient (Wildman–Crippen LogP) is 1.10. The van der Waals surface area contributed by atoms with Crippen LogP contribution in [-0.4, -0.2) is 52.5 Å². The molecule has 1 aliphatic rings. The standard InChI is InChI=1S/C17H20N4O3/c1-11-15(20-16(19-11)12-5-3-2-4-6-12)17(23)21-7-8-24-10-13(21)9-14(18)22/h2-6,13H,7-10H2,1H3,(H2,18,22)(H,19,20)/t13-/m0/s1. The van der Waals surface area contributed by atoms with Crippen LogP contribution in [0.15, 0.2) is 30.3 Å². The first-order valence-electron chi connectivity index (χ1n) is 7.85. The highest BCUT2D eigenvalue weighted by Crippen LogP contribution is 2.21. The summed E-state index contributed by atoms with van der Waals surface area (Å²) in [6.07, 6.45) is 0.0841. The van der Waals surface area contributed by atoms with Gasteiger partial charge in [0.05, 0.1) is 19.3 Å². The fraction of sp³-hybridized carbons (Fsp3) is 0.353. The van der Waals surface area contributed by atoms with Crippen LogP contribution in [0, 0.1) is 6.92 Å². The fourth-order valence-electron chi connectivity index (χ4n) is 2.86. The summed E-state index contributed by atoms with van der Waals surface area (Å²) in [4.78, 5) is 33.4. The number of benzene rings is 1. The molecule has 3 N–H and O–H groups in total. The van der Waals surface area contributed by atoms with Crippen LogP contribution in [0.1, 0.15) is 22.6 Å². The molecular formula is C17H20N4O3. The van der Waals surface area contributed by atoms with Gasteiger partial charge in [-0.25, -0.2) is 4.98 Å². The van der Waals surface area contributed by atoms with E-state index in [1.807, 2.05) is 37.3 Å². The number of aromatic nitrogens is 2. The number of amides is 2. The number of ether oxygens (including phenoxy) is 1. The second-order valence-electron chi connectivity index (χ2n) is 5.82. The van der Waals surface area contributed by atoms with Gasteiger partial charge in [-0.3, -0.25) is 9.59 Å². The van der Waals surface area contributed by atoms with Gasteiger partial charge in [-0.2, -0.15) is 0 Å². The molecule has 1 atom stereocenters. The van der Waals surface area contributed by atoms with Gasteiger partial charge in [0.15, 0.2) is 0 Å². The average molecular weight is 328 g/mol. The molecule has 3 rings (SSSR count). The Balaban J connectivity index is 1.86. The highest BCUT2D eigenvalue weighted by molar-refractivity contribution is 5.94. The Morgan fingerprint density at radius 2 is 2.12 bits per heavy atom. The van der Waals surface area contributed by atoms with Gasteiger partial charge in [-0.15, -0.1) is 0 Å². The number of hydrogen-bond acceptors (Lipinski definition) is 4. The van der Waals surface area contributed by atoms with Crippen LogP contribution in [0.3, 0.4) is 0 Å². The van der Waals surface area contributed by atoms with Crippen molar-refractivity contribution in [2.75, 3.05) is 19.8 Å². The van der Waals surface area contributed by atoms with Crippen LogP contribution in [0.2, 0.25) is 0 Å². The van der Waals surface area contributed by atoms with Crippen molar-refractivity contribution in [2.45, 2.75) is 19.4 Å². The maximum atomic E-state index is 12.9. The van der Waals surface area contributed by atoms with E-state index in [9.17, 15) is 9.59 Å². The Kier molecular flexibility index (Phi) is 4.61. The summed E-state index contributed by atoms with van der Waals surface area (Å²) in [5, 5.41) is 0. The molecule has 0 unspecified atom stereocenters. The Hall–Kier alpha value is -2.67. The number of morpholine rings is 1. The Morgan fingerprint density at radius 3 is 2.83 bits per heavy atom. The smallest absolute Gasteiger partial charge is 0.274 e. The molecule has 0 aliphatic carbocycles. The van der Waals surface area contributed by atoms with E-state index in [1.54, 1.807) is 4.90 Å². The molecule has 2 heterocycles. The number of nitrogens with two attached hydrogens (primary N) is 1. The van der Waals surface area contributed by atoms with Crippen molar-refractivity contribution in [3.05, 3.63) is 41.7 Å². The molecule has 7 nitrogen and oxygen atoms in total. The van der Waals surface area contributed by atoms with E-state index in [4.69, 9.17) is 10.5 Å². The van der Waals surface area contributed by atoms with E-state index in [0.717, 1.165) is 5.56 Å². The third-order valence-electron chi connectivity index (χ3n) is 4.06. The van der Waals surface area contributed by atoms with E-state index < -0.39 is 5.91 Å². The van der Waals surface area contributed by atoms with Gasteiger partial charge in [0.25, 0.3) is 5.91 Å². The van der Waals surface area contributed by atoms with Crippen LogP contribution in [0.4, 0.5) is 0 Å². The zero-order valence-corrected chi connectivity index (χ0v) is 13.5. The lowest BCUT2D eigenvalue weighted by atomic mass is 10.1. The predicted molar refractivity (Wildman–Crippen MR) is 88.2 cm³/mol. The van der Waals surface area contributed by atoms with Crippen LogP contribution in [0.25, 0.3) is 11.4 Å². The molecule has 0 spiro atoms. The second-order valence-corrected chi connectivity index (χ2v) is 5.82. The summed E-state index contributed by atoms with van der Waals surface area (Å²) in [6, 6.07) is 9.26. The van der Waals surface area contributed by atoms with Crippen molar-refractivity contribution in [3.63, 3.8) is 0 Å². The number of aromatic amines is 1. The molecule has 0 bridgehead atoms.